The quantitative estimate of drug-likeness (QED) is 0.631. The largest absolute Gasteiger partial charge is 0.323 e. The van der Waals surface area contributed by atoms with Crippen LogP contribution >= 0.6 is 0 Å². The molecule has 0 atom stereocenters. The molecule has 0 heterocycles. The highest BCUT2D eigenvalue weighted by Gasteiger charge is 2.05. The molecule has 0 radical (unpaired) electrons. The molecule has 0 saturated carbocycles. The van der Waals surface area contributed by atoms with Gasteiger partial charge < -0.3 is 10.6 Å². The van der Waals surface area contributed by atoms with E-state index >= 15 is 0 Å². The van der Waals surface area contributed by atoms with E-state index in [4.69, 9.17) is 0 Å². The minimum Gasteiger partial charge on any atom is -0.308 e. The maximum Gasteiger partial charge on any atom is 0.323 e. The summed E-state index contributed by atoms with van der Waals surface area (Å²) in [6.07, 6.45) is 3.62. The minimum absolute atomic E-state index is 0.265. The molecule has 2 N–H and O–H groups in total. The summed E-state index contributed by atoms with van der Waals surface area (Å²) in [5, 5.41) is 5.60. The number of allylic oxidation sites excluding steroid dienone is 3. The zero-order valence-corrected chi connectivity index (χ0v) is 12.4. The topological polar surface area (TPSA) is 41.1 Å². The first-order valence-electron chi connectivity index (χ1n) is 6.47. The molecule has 0 aliphatic heterocycles. The summed E-state index contributed by atoms with van der Waals surface area (Å²) in [6.45, 7) is 7.56. The van der Waals surface area contributed by atoms with Crippen molar-refractivity contribution >= 4 is 11.7 Å². The Morgan fingerprint density at radius 2 is 1.90 bits per heavy atom. The molecule has 1 aromatic carbocycles. The molecule has 0 spiro atoms. The fraction of sp³-hybridized carbons (Fsp3) is 0.235. The second kappa shape index (κ2) is 7.85. The molecular weight excluding hydrogens is 248 g/mol. The SMILES string of the molecule is CC#C/C=C(C)\C(=C/C)NC(=O)Nc1ccc(C)cc1. The number of carbonyl (C=O) groups excluding carboxylic acids is 1. The van der Waals surface area contributed by atoms with Crippen LogP contribution in [-0.2, 0) is 0 Å². The third kappa shape index (κ3) is 5.03. The lowest BCUT2D eigenvalue weighted by Gasteiger charge is -2.11. The second-order valence-corrected chi connectivity index (χ2v) is 4.37. The van der Waals surface area contributed by atoms with E-state index in [1.165, 1.54) is 0 Å². The first-order valence-corrected chi connectivity index (χ1v) is 6.47. The first-order chi connectivity index (χ1) is 9.56. The van der Waals surface area contributed by atoms with Gasteiger partial charge in [0, 0.05) is 11.4 Å². The van der Waals surface area contributed by atoms with Crippen molar-refractivity contribution in [1.82, 2.24) is 5.32 Å². The molecule has 0 saturated heterocycles. The number of hydrogen-bond acceptors (Lipinski definition) is 1. The van der Waals surface area contributed by atoms with Crippen LogP contribution in [0.2, 0.25) is 0 Å². The summed E-state index contributed by atoms with van der Waals surface area (Å²) in [5.74, 6) is 5.66. The van der Waals surface area contributed by atoms with Crippen molar-refractivity contribution in [2.75, 3.05) is 5.32 Å². The number of urea groups is 1. The Balaban J connectivity index is 2.68. The van der Waals surface area contributed by atoms with E-state index in [2.05, 4.69) is 22.5 Å². The van der Waals surface area contributed by atoms with Crippen LogP contribution in [0.5, 0.6) is 0 Å². The van der Waals surface area contributed by atoms with E-state index in [0.29, 0.717) is 0 Å². The van der Waals surface area contributed by atoms with Gasteiger partial charge in [-0.1, -0.05) is 29.7 Å². The third-order valence-corrected chi connectivity index (χ3v) is 2.70. The van der Waals surface area contributed by atoms with Crippen molar-refractivity contribution in [3.63, 3.8) is 0 Å². The van der Waals surface area contributed by atoms with E-state index in [1.807, 2.05) is 51.1 Å². The molecule has 0 unspecified atom stereocenters. The Labute approximate surface area is 120 Å². The lowest BCUT2D eigenvalue weighted by molar-refractivity contribution is 0.254. The average Bonchev–Trinajstić information content (AvgIpc) is 2.44. The van der Waals surface area contributed by atoms with Crippen LogP contribution in [0, 0.1) is 18.8 Å². The van der Waals surface area contributed by atoms with Gasteiger partial charge in [-0.25, -0.2) is 4.79 Å². The Morgan fingerprint density at radius 3 is 2.45 bits per heavy atom. The molecule has 3 heteroatoms. The van der Waals surface area contributed by atoms with Crippen molar-refractivity contribution in [3.8, 4) is 11.8 Å². The van der Waals surface area contributed by atoms with Crippen LogP contribution in [0.1, 0.15) is 26.3 Å². The molecule has 20 heavy (non-hydrogen) atoms. The fourth-order valence-electron chi connectivity index (χ4n) is 1.58. The average molecular weight is 268 g/mol. The summed E-state index contributed by atoms with van der Waals surface area (Å²) < 4.78 is 0. The number of anilines is 1. The van der Waals surface area contributed by atoms with Gasteiger partial charge in [0.1, 0.15) is 0 Å². The summed E-state index contributed by atoms with van der Waals surface area (Å²) >= 11 is 0. The van der Waals surface area contributed by atoms with Gasteiger partial charge in [0.15, 0.2) is 0 Å². The highest BCUT2D eigenvalue weighted by atomic mass is 16.2. The van der Waals surface area contributed by atoms with E-state index < -0.39 is 0 Å². The van der Waals surface area contributed by atoms with Gasteiger partial charge >= 0.3 is 6.03 Å². The van der Waals surface area contributed by atoms with Crippen molar-refractivity contribution < 1.29 is 4.79 Å². The number of amides is 2. The minimum atomic E-state index is -0.265. The molecule has 2 amide bonds. The van der Waals surface area contributed by atoms with Crippen LogP contribution < -0.4 is 10.6 Å². The van der Waals surface area contributed by atoms with Crippen molar-refractivity contribution in [3.05, 3.63) is 53.3 Å². The zero-order chi connectivity index (χ0) is 15.0. The van der Waals surface area contributed by atoms with Crippen LogP contribution in [0.25, 0.3) is 0 Å². The summed E-state index contributed by atoms with van der Waals surface area (Å²) in [7, 11) is 0. The van der Waals surface area contributed by atoms with Crippen molar-refractivity contribution in [2.24, 2.45) is 0 Å². The standard InChI is InChI=1S/C17H20N2O/c1-5-7-8-14(4)16(6-2)19-17(20)18-15-11-9-13(3)10-12-15/h6,8-12H,1-4H3,(H2,18,19,20)/b14-8-,16-6+. The lowest BCUT2D eigenvalue weighted by atomic mass is 10.2. The number of benzene rings is 1. The monoisotopic (exact) mass is 268 g/mol. The lowest BCUT2D eigenvalue weighted by Crippen LogP contribution is -2.28. The third-order valence-electron chi connectivity index (χ3n) is 2.70. The molecule has 0 bridgehead atoms. The van der Waals surface area contributed by atoms with Gasteiger partial charge in [-0.3, -0.25) is 0 Å². The van der Waals surface area contributed by atoms with E-state index in [9.17, 15) is 4.79 Å². The zero-order valence-electron chi connectivity index (χ0n) is 12.4. The number of hydrogen-bond donors (Lipinski definition) is 2. The van der Waals surface area contributed by atoms with Gasteiger partial charge in [-0.05, 0) is 51.5 Å². The van der Waals surface area contributed by atoms with E-state index in [-0.39, 0.29) is 6.03 Å². The highest BCUT2D eigenvalue weighted by Crippen LogP contribution is 2.10. The Bertz CT molecular complexity index is 584. The molecule has 0 aromatic heterocycles. The van der Waals surface area contributed by atoms with Gasteiger partial charge in [-0.15, -0.1) is 5.92 Å². The normalized spacial score (nSPS) is 11.4. The molecule has 1 rings (SSSR count). The maximum absolute atomic E-state index is 11.9. The van der Waals surface area contributed by atoms with E-state index in [0.717, 1.165) is 22.5 Å². The smallest absolute Gasteiger partial charge is 0.308 e. The highest BCUT2D eigenvalue weighted by molar-refractivity contribution is 5.90. The molecule has 0 fully saturated rings. The van der Waals surface area contributed by atoms with Crippen molar-refractivity contribution in [1.29, 1.82) is 0 Å². The first kappa shape index (κ1) is 15.6. The fourth-order valence-corrected chi connectivity index (χ4v) is 1.58. The molecule has 0 aliphatic rings. The number of carbonyl (C=O) groups is 1. The molecule has 1 aromatic rings. The number of aryl methyl sites for hydroxylation is 1. The molecule has 0 aliphatic carbocycles. The van der Waals surface area contributed by atoms with Gasteiger partial charge in [0.05, 0.1) is 0 Å². The van der Waals surface area contributed by atoms with Crippen LogP contribution in [0.3, 0.4) is 0 Å². The van der Waals surface area contributed by atoms with E-state index in [1.54, 1.807) is 13.0 Å². The number of rotatable bonds is 3. The van der Waals surface area contributed by atoms with Crippen LogP contribution in [0.15, 0.2) is 47.7 Å². The summed E-state index contributed by atoms with van der Waals surface area (Å²) in [6, 6.07) is 7.38. The summed E-state index contributed by atoms with van der Waals surface area (Å²) in [4.78, 5) is 11.9. The van der Waals surface area contributed by atoms with Crippen molar-refractivity contribution in [2.45, 2.75) is 27.7 Å². The van der Waals surface area contributed by atoms with Gasteiger partial charge in [-0.2, -0.15) is 0 Å². The molecule has 3 nitrogen and oxygen atoms in total. The predicted octanol–water partition coefficient (Wildman–Crippen LogP) is 3.99. The molecule has 104 valence electrons. The Hall–Kier alpha value is -2.47. The summed E-state index contributed by atoms with van der Waals surface area (Å²) in [5.41, 5.74) is 3.58. The van der Waals surface area contributed by atoms with Crippen LogP contribution in [-0.4, -0.2) is 6.03 Å². The maximum atomic E-state index is 11.9. The second-order valence-electron chi connectivity index (χ2n) is 4.37. The van der Waals surface area contributed by atoms with Gasteiger partial charge in [0.2, 0.25) is 0 Å². The number of nitrogens with one attached hydrogen (secondary N) is 2. The van der Waals surface area contributed by atoms with Crippen LogP contribution in [0.4, 0.5) is 10.5 Å². The molecular formula is C17H20N2O. The Morgan fingerprint density at radius 1 is 1.25 bits per heavy atom. The predicted molar refractivity (Wildman–Crippen MR) is 84.3 cm³/mol. The van der Waals surface area contributed by atoms with Gasteiger partial charge in [0.25, 0.3) is 0 Å². The Kier molecular flexibility index (Phi) is 6.12.